The van der Waals surface area contributed by atoms with E-state index >= 15 is 0 Å². The monoisotopic (exact) mass is 619 g/mol. The minimum atomic E-state index is -0.124. The highest BCUT2D eigenvalue weighted by molar-refractivity contribution is 5.95. The van der Waals surface area contributed by atoms with Crippen LogP contribution in [0.15, 0.2) is 79.4 Å². The van der Waals surface area contributed by atoms with Gasteiger partial charge in [0.2, 0.25) is 0 Å². The molecule has 0 N–H and O–H groups in total. The Morgan fingerprint density at radius 2 is 1.59 bits per heavy atom. The molecule has 2 amide bonds. The van der Waals surface area contributed by atoms with E-state index in [1.807, 2.05) is 64.5 Å². The first-order chi connectivity index (χ1) is 22.6. The summed E-state index contributed by atoms with van der Waals surface area (Å²) < 4.78 is 15.6. The third-order valence-electron chi connectivity index (χ3n) is 8.59. The molecule has 11 nitrogen and oxygen atoms in total. The Morgan fingerprint density at radius 3 is 2.50 bits per heavy atom. The first-order valence-corrected chi connectivity index (χ1v) is 16.0. The Morgan fingerprint density at radius 1 is 0.739 bits per heavy atom. The van der Waals surface area contributed by atoms with Gasteiger partial charge < -0.3 is 23.8 Å². The van der Waals surface area contributed by atoms with Crippen LogP contribution in [-0.4, -0.2) is 85.2 Å². The number of rotatable bonds is 2. The van der Waals surface area contributed by atoms with Gasteiger partial charge in [-0.15, -0.1) is 0 Å². The molecule has 11 heteroatoms. The van der Waals surface area contributed by atoms with Gasteiger partial charge >= 0.3 is 0 Å². The molecule has 0 unspecified atom stereocenters. The van der Waals surface area contributed by atoms with Crippen LogP contribution < -0.4 is 9.47 Å². The van der Waals surface area contributed by atoms with Crippen molar-refractivity contribution in [3.05, 3.63) is 96.2 Å². The Kier molecular flexibility index (Phi) is 8.62. The lowest BCUT2D eigenvalue weighted by Crippen LogP contribution is -2.37. The highest BCUT2D eigenvalue weighted by Gasteiger charge is 2.22. The average molecular weight is 620 g/mol. The minimum Gasteiger partial charge on any atom is -0.494 e. The van der Waals surface area contributed by atoms with Gasteiger partial charge in [0.05, 0.1) is 19.4 Å². The van der Waals surface area contributed by atoms with Crippen molar-refractivity contribution in [3.63, 3.8) is 0 Å². The molecule has 0 radical (unpaired) electrons. The molecule has 5 heterocycles. The van der Waals surface area contributed by atoms with Crippen molar-refractivity contribution < 1.29 is 19.1 Å². The van der Waals surface area contributed by atoms with E-state index in [4.69, 9.17) is 9.47 Å². The number of amides is 2. The summed E-state index contributed by atoms with van der Waals surface area (Å²) in [5.74, 6) is 2.31. The smallest absolute Gasteiger partial charge is 0.274 e. The molecule has 2 aromatic carbocycles. The summed E-state index contributed by atoms with van der Waals surface area (Å²) in [6, 6.07) is 17.3. The highest BCUT2D eigenvalue weighted by atomic mass is 16.5. The van der Waals surface area contributed by atoms with Gasteiger partial charge in [-0.3, -0.25) is 9.59 Å². The second-order valence-corrected chi connectivity index (χ2v) is 11.7. The van der Waals surface area contributed by atoms with E-state index < -0.39 is 0 Å². The zero-order chi connectivity index (χ0) is 31.3. The molecule has 0 saturated heterocycles. The van der Waals surface area contributed by atoms with Crippen molar-refractivity contribution in [2.75, 3.05) is 39.4 Å². The Labute approximate surface area is 267 Å². The van der Waals surface area contributed by atoms with Gasteiger partial charge in [0.15, 0.2) is 11.3 Å². The van der Waals surface area contributed by atoms with Crippen LogP contribution in [0.4, 0.5) is 0 Å². The van der Waals surface area contributed by atoms with Crippen LogP contribution >= 0.6 is 0 Å². The molecule has 0 atom stereocenters. The van der Waals surface area contributed by atoms with E-state index in [2.05, 4.69) is 19.6 Å². The standard InChI is InChI=1S/C35H37N7O4/c43-34(28-11-12-31-26(23-28)8-5-21-46-31)41-16-2-1-15-40(35(44)30-25-37-32-10-4-13-38-42(30)32)17-6-22-45-29-9-3-7-27(24-29)33-36-14-18-39(33)19-20-41/h3-4,7,9-14,18,23-25H,1-2,5-6,8,15-17,19-22H2. The Hall–Kier alpha value is -5.19. The summed E-state index contributed by atoms with van der Waals surface area (Å²) in [5, 5.41) is 4.35. The topological polar surface area (TPSA) is 107 Å². The van der Waals surface area contributed by atoms with Crippen LogP contribution in [0.1, 0.15) is 52.1 Å². The molecule has 46 heavy (non-hydrogen) atoms. The van der Waals surface area contributed by atoms with Gasteiger partial charge in [-0.05, 0) is 80.1 Å². The van der Waals surface area contributed by atoms with E-state index in [0.717, 1.165) is 54.1 Å². The lowest BCUT2D eigenvalue weighted by Gasteiger charge is -2.26. The summed E-state index contributed by atoms with van der Waals surface area (Å²) in [6.07, 6.45) is 11.0. The van der Waals surface area contributed by atoms with Gasteiger partial charge in [0, 0.05) is 62.4 Å². The van der Waals surface area contributed by atoms with Crippen molar-refractivity contribution in [2.24, 2.45) is 0 Å². The minimum absolute atomic E-state index is 0.00640. The molecule has 2 aliphatic rings. The second kappa shape index (κ2) is 13.4. The third-order valence-corrected chi connectivity index (χ3v) is 8.59. The zero-order valence-electron chi connectivity index (χ0n) is 25.8. The number of benzene rings is 2. The van der Waals surface area contributed by atoms with Gasteiger partial charge in [-0.1, -0.05) is 12.1 Å². The molecule has 0 aliphatic carbocycles. The van der Waals surface area contributed by atoms with E-state index in [-0.39, 0.29) is 11.8 Å². The third kappa shape index (κ3) is 6.30. The largest absolute Gasteiger partial charge is 0.494 e. The summed E-state index contributed by atoms with van der Waals surface area (Å²) in [7, 11) is 0. The van der Waals surface area contributed by atoms with Crippen molar-refractivity contribution in [2.45, 2.75) is 38.6 Å². The fourth-order valence-corrected chi connectivity index (χ4v) is 6.20. The lowest BCUT2D eigenvalue weighted by atomic mass is 10.0. The maximum atomic E-state index is 14.0. The highest BCUT2D eigenvalue weighted by Crippen LogP contribution is 2.27. The number of ether oxygens (including phenoxy) is 2. The predicted octanol–water partition coefficient (Wildman–Crippen LogP) is 4.77. The van der Waals surface area contributed by atoms with E-state index in [0.29, 0.717) is 69.3 Å². The number of imidazole rings is 2. The van der Waals surface area contributed by atoms with Crippen LogP contribution in [0, 0.1) is 0 Å². The number of aryl methyl sites for hydroxylation is 1. The van der Waals surface area contributed by atoms with Crippen molar-refractivity contribution in [1.29, 1.82) is 0 Å². The summed E-state index contributed by atoms with van der Waals surface area (Å²) in [4.78, 5) is 40.5. The SMILES string of the molecule is O=C(c1ccc2c(c1)CCCO2)N1CCCCN(C(=O)c2cnc3cccnn23)CCCOc2cccc(c2)-c2nccn2CC1. The molecule has 236 valence electrons. The fourth-order valence-electron chi connectivity index (χ4n) is 6.20. The molecular formula is C35H37N7O4. The van der Waals surface area contributed by atoms with Crippen molar-refractivity contribution in [1.82, 2.24) is 33.9 Å². The fraction of sp³-hybridized carbons (Fsp3) is 0.343. The number of nitrogens with zero attached hydrogens (tertiary/aromatic N) is 7. The molecule has 0 saturated carbocycles. The first-order valence-electron chi connectivity index (χ1n) is 16.0. The van der Waals surface area contributed by atoms with Crippen molar-refractivity contribution >= 4 is 17.5 Å². The second-order valence-electron chi connectivity index (χ2n) is 11.7. The molecule has 0 spiro atoms. The number of hydrogen-bond donors (Lipinski definition) is 0. The van der Waals surface area contributed by atoms with E-state index in [9.17, 15) is 9.59 Å². The molecule has 7 rings (SSSR count). The molecule has 5 aromatic rings. The summed E-state index contributed by atoms with van der Waals surface area (Å²) in [5.41, 5.74) is 3.75. The number of fused-ring (bicyclic) bond motifs is 6. The summed E-state index contributed by atoms with van der Waals surface area (Å²) >= 11 is 0. The van der Waals surface area contributed by atoms with Gasteiger partial charge in [-0.2, -0.15) is 5.10 Å². The number of aromatic nitrogens is 5. The van der Waals surface area contributed by atoms with Gasteiger partial charge in [0.25, 0.3) is 11.8 Å². The predicted molar refractivity (Wildman–Crippen MR) is 172 cm³/mol. The van der Waals surface area contributed by atoms with Crippen LogP contribution in [-0.2, 0) is 13.0 Å². The van der Waals surface area contributed by atoms with Gasteiger partial charge in [0.1, 0.15) is 17.3 Å². The lowest BCUT2D eigenvalue weighted by molar-refractivity contribution is 0.0709. The molecule has 0 fully saturated rings. The van der Waals surface area contributed by atoms with E-state index in [1.54, 1.807) is 29.2 Å². The molecule has 2 bridgehead atoms. The normalized spacial score (nSPS) is 16.1. The molecule has 2 aliphatic heterocycles. The molecule has 3 aromatic heterocycles. The number of carbonyl (C=O) groups excluding carboxylic acids is 2. The quantitative estimate of drug-likeness (QED) is 0.280. The first kappa shape index (κ1) is 29.5. The maximum Gasteiger partial charge on any atom is 0.274 e. The summed E-state index contributed by atoms with van der Waals surface area (Å²) in [6.45, 7) is 3.90. The van der Waals surface area contributed by atoms with Gasteiger partial charge in [-0.25, -0.2) is 14.5 Å². The van der Waals surface area contributed by atoms with Crippen LogP contribution in [0.25, 0.3) is 17.0 Å². The van der Waals surface area contributed by atoms with Crippen molar-refractivity contribution in [3.8, 4) is 22.9 Å². The Bertz CT molecular complexity index is 1850. The van der Waals surface area contributed by atoms with Crippen LogP contribution in [0.2, 0.25) is 0 Å². The van der Waals surface area contributed by atoms with E-state index in [1.165, 1.54) is 0 Å². The van der Waals surface area contributed by atoms with Crippen LogP contribution in [0.3, 0.4) is 0 Å². The number of hydrogen-bond acceptors (Lipinski definition) is 7. The Balaban J connectivity index is 1.15. The van der Waals surface area contributed by atoms with Crippen LogP contribution in [0.5, 0.6) is 11.5 Å². The maximum absolute atomic E-state index is 14.0. The number of carbonyl (C=O) groups is 2. The zero-order valence-corrected chi connectivity index (χ0v) is 25.8. The molecular weight excluding hydrogens is 582 g/mol. The average Bonchev–Trinajstić information content (AvgIpc) is 3.75.